The minimum Gasteiger partial charge on any atom is -0.496 e. The third kappa shape index (κ3) is 5.83. The molecule has 0 amide bonds. The Kier molecular flexibility index (Phi) is 8.28. The van der Waals surface area contributed by atoms with E-state index in [9.17, 15) is 9.18 Å². The number of carbonyl (C=O) groups excluding carboxylic acids is 1. The Balaban J connectivity index is 1.77. The molecule has 0 saturated heterocycles. The Hall–Kier alpha value is -2.38. The first-order valence-corrected chi connectivity index (χ1v) is 11.1. The Morgan fingerprint density at radius 1 is 1.17 bits per heavy atom. The molecular weight excluding hydrogens is 425 g/mol. The molecule has 30 heavy (non-hydrogen) atoms. The smallest absolute Gasteiger partial charge is 0.141 e. The van der Waals surface area contributed by atoms with Crippen molar-refractivity contribution in [3.05, 3.63) is 47.5 Å². The van der Waals surface area contributed by atoms with Crippen LogP contribution in [-0.4, -0.2) is 29.1 Å². The van der Waals surface area contributed by atoms with Crippen molar-refractivity contribution in [3.63, 3.8) is 0 Å². The Labute approximate surface area is 184 Å². The third-order valence-corrected chi connectivity index (χ3v) is 5.99. The molecule has 1 aromatic heterocycles. The maximum Gasteiger partial charge on any atom is 0.141 e. The number of halogens is 2. The zero-order valence-electron chi connectivity index (χ0n) is 16.7. The van der Waals surface area contributed by atoms with E-state index in [4.69, 9.17) is 16.3 Å². The summed E-state index contributed by atoms with van der Waals surface area (Å²) in [7, 11) is 1.64. The maximum absolute atomic E-state index is 13.4. The van der Waals surface area contributed by atoms with Crippen LogP contribution in [0.25, 0.3) is 10.9 Å². The van der Waals surface area contributed by atoms with Gasteiger partial charge in [-0.3, -0.25) is 0 Å². The lowest BCUT2D eigenvalue weighted by Gasteiger charge is -2.13. The number of nitrogens with zero attached hydrogens (tertiary/aromatic N) is 2. The van der Waals surface area contributed by atoms with E-state index in [2.05, 4.69) is 15.3 Å². The monoisotopic (exact) mass is 447 g/mol. The molecule has 0 radical (unpaired) electrons. The summed E-state index contributed by atoms with van der Waals surface area (Å²) in [5, 5.41) is 4.08. The van der Waals surface area contributed by atoms with Gasteiger partial charge >= 0.3 is 0 Å². The van der Waals surface area contributed by atoms with E-state index in [1.165, 1.54) is 18.5 Å². The summed E-state index contributed by atoms with van der Waals surface area (Å²) in [6.45, 7) is 0. The molecule has 8 heteroatoms. The molecule has 0 aliphatic rings. The summed E-state index contributed by atoms with van der Waals surface area (Å²) in [5.41, 5.74) is 1.39. The standard InChI is InChI=1S/C22H23ClFN3O2S/c1-29-20-13-19-16(12-21(20)30-10-6-4-2-3-5-9-28)22(26-14-25-19)27-15-7-8-18(24)17(23)11-15/h7-9,11-14H,2-6,10H2,1H3,(H,25,26,27). The molecule has 3 aromatic rings. The highest BCUT2D eigenvalue weighted by atomic mass is 35.5. The summed E-state index contributed by atoms with van der Waals surface area (Å²) < 4.78 is 19.0. The highest BCUT2D eigenvalue weighted by Crippen LogP contribution is 2.36. The Bertz CT molecular complexity index is 1020. The first kappa shape index (κ1) is 22.3. The normalized spacial score (nSPS) is 10.9. The van der Waals surface area contributed by atoms with Gasteiger partial charge in [-0.2, -0.15) is 0 Å². The first-order valence-electron chi connectivity index (χ1n) is 9.73. The van der Waals surface area contributed by atoms with Crippen LogP contribution in [0.2, 0.25) is 5.02 Å². The van der Waals surface area contributed by atoms with Gasteiger partial charge in [-0.25, -0.2) is 14.4 Å². The summed E-state index contributed by atoms with van der Waals surface area (Å²) in [6, 6.07) is 8.35. The molecule has 0 saturated carbocycles. The molecule has 0 unspecified atom stereocenters. The number of ether oxygens (including phenoxy) is 1. The number of nitrogens with one attached hydrogen (secondary N) is 1. The molecule has 3 rings (SSSR count). The number of anilines is 2. The van der Waals surface area contributed by atoms with Crippen molar-refractivity contribution in [3.8, 4) is 5.75 Å². The van der Waals surface area contributed by atoms with Gasteiger partial charge in [0.2, 0.25) is 0 Å². The third-order valence-electron chi connectivity index (χ3n) is 4.58. The number of fused-ring (bicyclic) bond motifs is 1. The van der Waals surface area contributed by atoms with E-state index < -0.39 is 5.82 Å². The second-order valence-corrected chi connectivity index (χ2v) is 8.26. The predicted molar refractivity (Wildman–Crippen MR) is 121 cm³/mol. The van der Waals surface area contributed by atoms with Crippen molar-refractivity contribution < 1.29 is 13.9 Å². The van der Waals surface area contributed by atoms with E-state index in [1.807, 2.05) is 12.1 Å². The molecule has 0 spiro atoms. The van der Waals surface area contributed by atoms with E-state index in [1.54, 1.807) is 24.9 Å². The quantitative estimate of drug-likeness (QED) is 0.208. The van der Waals surface area contributed by atoms with E-state index >= 15 is 0 Å². The van der Waals surface area contributed by atoms with Crippen LogP contribution in [0.4, 0.5) is 15.9 Å². The van der Waals surface area contributed by atoms with Gasteiger partial charge in [-0.05, 0) is 42.9 Å². The van der Waals surface area contributed by atoms with Crippen molar-refractivity contribution in [1.82, 2.24) is 9.97 Å². The lowest BCUT2D eigenvalue weighted by Crippen LogP contribution is -1.98. The fourth-order valence-electron chi connectivity index (χ4n) is 3.01. The number of carbonyl (C=O) groups is 1. The molecule has 1 N–H and O–H groups in total. The minimum absolute atomic E-state index is 0.0458. The predicted octanol–water partition coefficient (Wildman–Crippen LogP) is 6.42. The fraction of sp³-hybridized carbons (Fsp3) is 0.318. The number of aromatic nitrogens is 2. The lowest BCUT2D eigenvalue weighted by atomic mass is 10.2. The van der Waals surface area contributed by atoms with Gasteiger partial charge in [0.1, 0.15) is 30.0 Å². The summed E-state index contributed by atoms with van der Waals surface area (Å²) in [4.78, 5) is 20.1. The second kappa shape index (κ2) is 11.1. The number of unbranched alkanes of at least 4 members (excludes halogenated alkanes) is 4. The van der Waals surface area contributed by atoms with Crippen LogP contribution in [0.3, 0.4) is 0 Å². The number of rotatable bonds is 11. The van der Waals surface area contributed by atoms with Crippen LogP contribution >= 0.6 is 23.4 Å². The number of hydrogen-bond acceptors (Lipinski definition) is 6. The molecule has 5 nitrogen and oxygen atoms in total. The highest BCUT2D eigenvalue weighted by molar-refractivity contribution is 7.99. The van der Waals surface area contributed by atoms with Gasteiger partial charge in [0.25, 0.3) is 0 Å². The second-order valence-electron chi connectivity index (χ2n) is 6.71. The van der Waals surface area contributed by atoms with Crippen LogP contribution in [0.5, 0.6) is 5.75 Å². The molecular formula is C22H23ClFN3O2S. The van der Waals surface area contributed by atoms with Crippen LogP contribution in [0.15, 0.2) is 41.6 Å². The minimum atomic E-state index is -0.468. The van der Waals surface area contributed by atoms with Crippen molar-refractivity contribution >= 4 is 52.1 Å². The number of hydrogen-bond donors (Lipinski definition) is 1. The number of aldehydes is 1. The van der Waals surface area contributed by atoms with Crippen LogP contribution in [-0.2, 0) is 4.79 Å². The molecule has 0 aliphatic carbocycles. The van der Waals surface area contributed by atoms with Gasteiger partial charge < -0.3 is 14.8 Å². The van der Waals surface area contributed by atoms with Crippen molar-refractivity contribution in [1.29, 1.82) is 0 Å². The molecule has 0 aliphatic heterocycles. The average molecular weight is 448 g/mol. The summed E-state index contributed by atoms with van der Waals surface area (Å²) >= 11 is 7.61. The van der Waals surface area contributed by atoms with Crippen LogP contribution in [0, 0.1) is 5.82 Å². The molecule has 1 heterocycles. The largest absolute Gasteiger partial charge is 0.496 e. The average Bonchev–Trinajstić information content (AvgIpc) is 2.75. The van der Waals surface area contributed by atoms with Crippen LogP contribution in [0.1, 0.15) is 32.1 Å². The molecule has 0 atom stereocenters. The van der Waals surface area contributed by atoms with Crippen molar-refractivity contribution in [2.45, 2.75) is 37.0 Å². The van der Waals surface area contributed by atoms with Gasteiger partial charge in [-0.15, -0.1) is 11.8 Å². The number of methoxy groups -OCH3 is 1. The van der Waals surface area contributed by atoms with Gasteiger partial charge in [0.05, 0.1) is 22.5 Å². The van der Waals surface area contributed by atoms with Crippen LogP contribution < -0.4 is 10.1 Å². The Morgan fingerprint density at radius 3 is 2.77 bits per heavy atom. The molecule has 0 bridgehead atoms. The molecule has 0 fully saturated rings. The fourth-order valence-corrected chi connectivity index (χ4v) is 4.25. The highest BCUT2D eigenvalue weighted by Gasteiger charge is 2.12. The lowest BCUT2D eigenvalue weighted by molar-refractivity contribution is -0.107. The topological polar surface area (TPSA) is 64.1 Å². The van der Waals surface area contributed by atoms with Gasteiger partial charge in [-0.1, -0.05) is 24.4 Å². The summed E-state index contributed by atoms with van der Waals surface area (Å²) in [6.07, 6.45) is 7.26. The van der Waals surface area contributed by atoms with Crippen molar-refractivity contribution in [2.24, 2.45) is 0 Å². The van der Waals surface area contributed by atoms with Gasteiger partial charge in [0.15, 0.2) is 0 Å². The molecule has 2 aromatic carbocycles. The number of benzene rings is 2. The Morgan fingerprint density at radius 2 is 2.00 bits per heavy atom. The zero-order valence-corrected chi connectivity index (χ0v) is 18.2. The first-order chi connectivity index (χ1) is 14.6. The summed E-state index contributed by atoms with van der Waals surface area (Å²) in [5.74, 6) is 1.86. The number of thioether (sulfide) groups is 1. The van der Waals surface area contributed by atoms with E-state index in [-0.39, 0.29) is 5.02 Å². The van der Waals surface area contributed by atoms with Gasteiger partial charge in [0, 0.05) is 23.6 Å². The zero-order chi connectivity index (χ0) is 21.3. The SMILES string of the molecule is COc1cc2ncnc(Nc3ccc(F)c(Cl)c3)c2cc1SCCCCCCC=O. The molecule has 158 valence electrons. The van der Waals surface area contributed by atoms with Crippen molar-refractivity contribution in [2.75, 3.05) is 18.2 Å². The maximum atomic E-state index is 13.4. The van der Waals surface area contributed by atoms with E-state index in [0.717, 1.165) is 59.3 Å². The van der Waals surface area contributed by atoms with E-state index in [0.29, 0.717) is 17.9 Å².